The monoisotopic (exact) mass is 415 g/mol. The molecular formula is C17H13ClF3N3O2S. The van der Waals surface area contributed by atoms with Crippen LogP contribution in [0.15, 0.2) is 34.7 Å². The molecule has 0 saturated heterocycles. The van der Waals surface area contributed by atoms with Gasteiger partial charge in [0.05, 0.1) is 23.6 Å². The maximum atomic E-state index is 12.9. The van der Waals surface area contributed by atoms with Crippen LogP contribution in [0, 0.1) is 6.92 Å². The molecule has 0 atom stereocenters. The average Bonchev–Trinajstić information content (AvgIpc) is 3.25. The molecule has 2 heterocycles. The lowest BCUT2D eigenvalue weighted by atomic mass is 10.1. The van der Waals surface area contributed by atoms with Crippen LogP contribution in [0.4, 0.5) is 13.2 Å². The molecule has 5 nitrogen and oxygen atoms in total. The van der Waals surface area contributed by atoms with Crippen LogP contribution in [0.25, 0.3) is 11.3 Å². The van der Waals surface area contributed by atoms with Crippen molar-refractivity contribution in [3.05, 3.63) is 58.1 Å². The first-order chi connectivity index (χ1) is 12.8. The molecule has 0 spiro atoms. The van der Waals surface area contributed by atoms with Crippen molar-refractivity contribution in [2.24, 2.45) is 0 Å². The number of carbonyl (C=O) groups is 1. The molecular weight excluding hydrogens is 403 g/mol. The summed E-state index contributed by atoms with van der Waals surface area (Å²) in [5.41, 5.74) is -0.307. The third kappa shape index (κ3) is 4.48. The molecule has 0 bridgehead atoms. The van der Waals surface area contributed by atoms with E-state index in [0.717, 1.165) is 23.7 Å². The van der Waals surface area contributed by atoms with Gasteiger partial charge >= 0.3 is 6.18 Å². The van der Waals surface area contributed by atoms with Crippen molar-refractivity contribution in [3.63, 3.8) is 0 Å². The van der Waals surface area contributed by atoms with Crippen molar-refractivity contribution in [1.29, 1.82) is 0 Å². The zero-order chi connectivity index (χ0) is 19.6. The highest BCUT2D eigenvalue weighted by Crippen LogP contribution is 2.33. The molecule has 0 radical (unpaired) electrons. The predicted molar refractivity (Wildman–Crippen MR) is 94.5 cm³/mol. The number of nitrogens with zero attached hydrogens (tertiary/aromatic N) is 2. The van der Waals surface area contributed by atoms with Crippen LogP contribution in [0.3, 0.4) is 0 Å². The van der Waals surface area contributed by atoms with E-state index in [1.165, 1.54) is 18.2 Å². The summed E-state index contributed by atoms with van der Waals surface area (Å²) in [4.78, 5) is 16.5. The SMILES string of the molecule is Cc1oc(-c2cccc(C(F)(F)F)c2)cc1C(=O)NCc1nc(CCl)ns1. The maximum absolute atomic E-state index is 12.9. The number of halogens is 4. The molecule has 0 aliphatic heterocycles. The van der Waals surface area contributed by atoms with E-state index in [9.17, 15) is 18.0 Å². The van der Waals surface area contributed by atoms with E-state index in [4.69, 9.17) is 16.0 Å². The molecule has 0 aliphatic rings. The lowest BCUT2D eigenvalue weighted by Crippen LogP contribution is -2.22. The summed E-state index contributed by atoms with van der Waals surface area (Å²) in [6.07, 6.45) is -4.46. The Morgan fingerprint density at radius 1 is 1.33 bits per heavy atom. The normalized spacial score (nSPS) is 11.6. The fourth-order valence-corrected chi connectivity index (χ4v) is 3.16. The summed E-state index contributed by atoms with van der Waals surface area (Å²) in [7, 11) is 0. The minimum atomic E-state index is -4.46. The number of carbonyl (C=O) groups excluding carboxylic acids is 1. The zero-order valence-electron chi connectivity index (χ0n) is 13.9. The molecule has 1 amide bonds. The Morgan fingerprint density at radius 2 is 2.11 bits per heavy atom. The number of rotatable bonds is 5. The molecule has 2 aromatic heterocycles. The number of benzene rings is 1. The number of furan rings is 1. The molecule has 0 saturated carbocycles. The third-order valence-corrected chi connectivity index (χ3v) is 4.65. The quantitative estimate of drug-likeness (QED) is 0.608. The largest absolute Gasteiger partial charge is 0.461 e. The Hall–Kier alpha value is -2.39. The molecule has 3 aromatic rings. The van der Waals surface area contributed by atoms with Crippen LogP contribution in [-0.4, -0.2) is 15.3 Å². The van der Waals surface area contributed by atoms with Crippen LogP contribution >= 0.6 is 23.1 Å². The van der Waals surface area contributed by atoms with Gasteiger partial charge in [-0.3, -0.25) is 4.79 Å². The first kappa shape index (κ1) is 19.4. The van der Waals surface area contributed by atoms with E-state index < -0.39 is 17.6 Å². The van der Waals surface area contributed by atoms with E-state index in [1.54, 1.807) is 6.92 Å². The summed E-state index contributed by atoms with van der Waals surface area (Å²) < 4.78 is 48.1. The predicted octanol–water partition coefficient (Wildman–Crippen LogP) is 4.79. The molecule has 0 fully saturated rings. The van der Waals surface area contributed by atoms with Gasteiger partial charge < -0.3 is 9.73 Å². The highest BCUT2D eigenvalue weighted by Gasteiger charge is 2.30. The fraction of sp³-hybridized carbons (Fsp3) is 0.235. The minimum absolute atomic E-state index is 0.164. The molecule has 1 aromatic carbocycles. The van der Waals surface area contributed by atoms with Crippen LogP contribution in [0.1, 0.15) is 32.5 Å². The number of hydrogen-bond donors (Lipinski definition) is 1. The molecule has 3 rings (SSSR count). The van der Waals surface area contributed by atoms with Gasteiger partial charge in [0.15, 0.2) is 5.82 Å². The second-order valence-electron chi connectivity index (χ2n) is 5.58. The first-order valence-corrected chi connectivity index (χ1v) is 9.02. The summed E-state index contributed by atoms with van der Waals surface area (Å²) in [5.74, 6) is 0.739. The number of hydrogen-bond acceptors (Lipinski definition) is 5. The van der Waals surface area contributed by atoms with E-state index in [-0.39, 0.29) is 29.3 Å². The number of aryl methyl sites for hydroxylation is 1. The van der Waals surface area contributed by atoms with Gasteiger partial charge in [-0.1, -0.05) is 12.1 Å². The Kier molecular flexibility index (Phi) is 5.52. The Labute approximate surface area is 161 Å². The van der Waals surface area contributed by atoms with Gasteiger partial charge in [0.2, 0.25) is 0 Å². The first-order valence-electron chi connectivity index (χ1n) is 7.71. The second kappa shape index (κ2) is 7.69. The van der Waals surface area contributed by atoms with Gasteiger partial charge in [-0.25, -0.2) is 4.98 Å². The Morgan fingerprint density at radius 3 is 2.78 bits per heavy atom. The standard InChI is InChI=1S/C17H13ClF3N3O2S/c1-9-12(16(25)22-8-15-23-14(7-18)24-27-15)6-13(26-9)10-3-2-4-11(5-10)17(19,20)21/h2-6H,7-8H2,1H3,(H,22,25). The number of aromatic nitrogens is 2. The smallest absolute Gasteiger partial charge is 0.416 e. The summed E-state index contributed by atoms with van der Waals surface area (Å²) in [5, 5.41) is 3.28. The molecule has 142 valence electrons. The topological polar surface area (TPSA) is 68.0 Å². The third-order valence-electron chi connectivity index (χ3n) is 3.67. The average molecular weight is 416 g/mol. The lowest BCUT2D eigenvalue weighted by molar-refractivity contribution is -0.137. The van der Waals surface area contributed by atoms with Crippen molar-refractivity contribution in [2.75, 3.05) is 0 Å². The molecule has 10 heteroatoms. The van der Waals surface area contributed by atoms with Gasteiger partial charge in [0, 0.05) is 5.56 Å². The Bertz CT molecular complexity index is 968. The van der Waals surface area contributed by atoms with E-state index in [0.29, 0.717) is 16.6 Å². The van der Waals surface area contributed by atoms with Crippen molar-refractivity contribution in [3.8, 4) is 11.3 Å². The van der Waals surface area contributed by atoms with Gasteiger partial charge in [-0.2, -0.15) is 17.5 Å². The van der Waals surface area contributed by atoms with E-state index in [1.807, 2.05) is 0 Å². The van der Waals surface area contributed by atoms with Crippen LogP contribution in [0.2, 0.25) is 0 Å². The van der Waals surface area contributed by atoms with Crippen molar-refractivity contribution >= 4 is 29.0 Å². The maximum Gasteiger partial charge on any atom is 0.416 e. The van der Waals surface area contributed by atoms with E-state index >= 15 is 0 Å². The van der Waals surface area contributed by atoms with Crippen LogP contribution in [-0.2, 0) is 18.6 Å². The summed E-state index contributed by atoms with van der Waals surface area (Å²) >= 11 is 6.76. The molecule has 0 aliphatic carbocycles. The number of amides is 1. The highest BCUT2D eigenvalue weighted by atomic mass is 35.5. The molecule has 0 unspecified atom stereocenters. The van der Waals surface area contributed by atoms with Crippen LogP contribution < -0.4 is 5.32 Å². The zero-order valence-corrected chi connectivity index (χ0v) is 15.5. The minimum Gasteiger partial charge on any atom is -0.461 e. The molecule has 27 heavy (non-hydrogen) atoms. The second-order valence-corrected chi connectivity index (χ2v) is 6.68. The number of nitrogens with one attached hydrogen (secondary N) is 1. The Balaban J connectivity index is 1.77. The summed E-state index contributed by atoms with van der Waals surface area (Å²) in [6.45, 7) is 1.74. The van der Waals surface area contributed by atoms with Gasteiger partial charge in [-0.05, 0) is 36.7 Å². The van der Waals surface area contributed by atoms with Gasteiger partial charge in [0.1, 0.15) is 16.5 Å². The van der Waals surface area contributed by atoms with Crippen molar-refractivity contribution in [1.82, 2.24) is 14.7 Å². The lowest BCUT2D eigenvalue weighted by Gasteiger charge is -2.07. The molecule has 1 N–H and O–H groups in total. The fourth-order valence-electron chi connectivity index (χ4n) is 2.37. The van der Waals surface area contributed by atoms with Crippen molar-refractivity contribution in [2.45, 2.75) is 25.5 Å². The van der Waals surface area contributed by atoms with E-state index in [2.05, 4.69) is 14.7 Å². The van der Waals surface area contributed by atoms with Gasteiger partial charge in [-0.15, -0.1) is 11.6 Å². The number of alkyl halides is 4. The van der Waals surface area contributed by atoms with Crippen molar-refractivity contribution < 1.29 is 22.4 Å². The highest BCUT2D eigenvalue weighted by molar-refractivity contribution is 7.05. The van der Waals surface area contributed by atoms with Crippen LogP contribution in [0.5, 0.6) is 0 Å². The summed E-state index contributed by atoms with van der Waals surface area (Å²) in [6, 6.07) is 6.16. The van der Waals surface area contributed by atoms with Gasteiger partial charge in [0.25, 0.3) is 5.91 Å².